The summed E-state index contributed by atoms with van der Waals surface area (Å²) in [5, 5.41) is 9.66. The Morgan fingerprint density at radius 3 is 2.24 bits per heavy atom. The van der Waals surface area contributed by atoms with Crippen molar-refractivity contribution in [2.24, 2.45) is 5.92 Å². The molecule has 3 N–H and O–H groups in total. The summed E-state index contributed by atoms with van der Waals surface area (Å²) in [6.45, 7) is 11.6. The van der Waals surface area contributed by atoms with Crippen LogP contribution < -0.4 is 16.0 Å². The normalized spacial score (nSPS) is 10.8. The highest BCUT2D eigenvalue weighted by Crippen LogP contribution is 1.85. The Balaban J connectivity index is 3.06. The molecular formula is C12H27N3O2. The highest BCUT2D eigenvalue weighted by Gasteiger charge is 1.98. The van der Waals surface area contributed by atoms with Gasteiger partial charge >= 0.3 is 5.97 Å². The smallest absolute Gasteiger partial charge is 0.319 e. The van der Waals surface area contributed by atoms with Gasteiger partial charge in [-0.25, -0.2) is 0 Å². The van der Waals surface area contributed by atoms with E-state index in [0.717, 1.165) is 32.7 Å². The summed E-state index contributed by atoms with van der Waals surface area (Å²) in [5.74, 6) is 0.507. The fourth-order valence-electron chi connectivity index (χ4n) is 1.27. The Hall–Kier alpha value is -0.650. The summed E-state index contributed by atoms with van der Waals surface area (Å²) in [7, 11) is 0. The van der Waals surface area contributed by atoms with Crippen LogP contribution in [-0.4, -0.2) is 51.8 Å². The number of hydrogen-bond acceptors (Lipinski definition) is 5. The van der Waals surface area contributed by atoms with Crippen molar-refractivity contribution >= 4 is 5.97 Å². The molecule has 0 aliphatic carbocycles. The zero-order valence-electron chi connectivity index (χ0n) is 11.3. The van der Waals surface area contributed by atoms with E-state index in [9.17, 15) is 4.79 Å². The Kier molecular flexibility index (Phi) is 11.4. The van der Waals surface area contributed by atoms with Crippen molar-refractivity contribution in [3.63, 3.8) is 0 Å². The van der Waals surface area contributed by atoms with Crippen LogP contribution in [-0.2, 0) is 9.53 Å². The summed E-state index contributed by atoms with van der Waals surface area (Å²) in [4.78, 5) is 11.0. The fraction of sp³-hybridized carbons (Fsp3) is 0.917. The number of ether oxygens (including phenoxy) is 1. The van der Waals surface area contributed by atoms with E-state index in [1.807, 2.05) is 6.92 Å². The van der Waals surface area contributed by atoms with Crippen LogP contribution in [0.4, 0.5) is 0 Å². The van der Waals surface area contributed by atoms with Crippen molar-refractivity contribution in [2.45, 2.75) is 20.8 Å². The topological polar surface area (TPSA) is 62.4 Å². The molecule has 0 spiro atoms. The van der Waals surface area contributed by atoms with Crippen molar-refractivity contribution in [3.8, 4) is 0 Å². The van der Waals surface area contributed by atoms with Crippen molar-refractivity contribution in [1.29, 1.82) is 0 Å². The van der Waals surface area contributed by atoms with E-state index in [2.05, 4.69) is 29.8 Å². The first kappa shape index (κ1) is 16.4. The molecule has 0 rings (SSSR count). The molecule has 0 aromatic rings. The number of carbonyl (C=O) groups is 1. The lowest BCUT2D eigenvalue weighted by Crippen LogP contribution is -2.35. The van der Waals surface area contributed by atoms with Gasteiger partial charge in [0.15, 0.2) is 0 Å². The van der Waals surface area contributed by atoms with Crippen LogP contribution in [0.1, 0.15) is 20.8 Å². The van der Waals surface area contributed by atoms with Gasteiger partial charge < -0.3 is 20.7 Å². The molecule has 5 nitrogen and oxygen atoms in total. The molecule has 0 saturated heterocycles. The van der Waals surface area contributed by atoms with Crippen LogP contribution in [0.2, 0.25) is 0 Å². The van der Waals surface area contributed by atoms with Gasteiger partial charge in [0.2, 0.25) is 0 Å². The third kappa shape index (κ3) is 13.3. The number of rotatable bonds is 11. The third-order valence-corrected chi connectivity index (χ3v) is 2.08. The summed E-state index contributed by atoms with van der Waals surface area (Å²) in [6.07, 6.45) is 0. The minimum Gasteiger partial charge on any atom is -0.465 e. The zero-order valence-corrected chi connectivity index (χ0v) is 11.3. The first-order valence-corrected chi connectivity index (χ1v) is 6.44. The van der Waals surface area contributed by atoms with Gasteiger partial charge in [0.05, 0.1) is 13.2 Å². The summed E-state index contributed by atoms with van der Waals surface area (Å²) >= 11 is 0. The molecule has 0 aromatic heterocycles. The number of carbonyl (C=O) groups excluding carboxylic acids is 1. The predicted molar refractivity (Wildman–Crippen MR) is 70.1 cm³/mol. The molecule has 0 unspecified atom stereocenters. The minimum atomic E-state index is -0.189. The highest BCUT2D eigenvalue weighted by molar-refractivity contribution is 5.71. The van der Waals surface area contributed by atoms with Crippen molar-refractivity contribution in [2.75, 3.05) is 45.9 Å². The van der Waals surface area contributed by atoms with Crippen LogP contribution in [0.3, 0.4) is 0 Å². The molecule has 102 valence electrons. The van der Waals surface area contributed by atoms with Gasteiger partial charge in [-0.2, -0.15) is 0 Å². The predicted octanol–water partition coefficient (Wildman–Crippen LogP) is -0.0257. The molecule has 0 aliphatic heterocycles. The van der Waals surface area contributed by atoms with Crippen LogP contribution in [0.25, 0.3) is 0 Å². The second kappa shape index (κ2) is 11.8. The van der Waals surface area contributed by atoms with E-state index in [0.29, 0.717) is 19.1 Å². The van der Waals surface area contributed by atoms with E-state index in [-0.39, 0.29) is 5.97 Å². The molecule has 5 heteroatoms. The zero-order chi connectivity index (χ0) is 12.9. The minimum absolute atomic E-state index is 0.189. The number of esters is 1. The van der Waals surface area contributed by atoms with Gasteiger partial charge in [-0.3, -0.25) is 4.79 Å². The number of hydrogen-bond donors (Lipinski definition) is 3. The van der Waals surface area contributed by atoms with Gasteiger partial charge in [0.1, 0.15) is 0 Å². The molecule has 0 amide bonds. The SMILES string of the molecule is CCOC(=O)CNCCNCCNCC(C)C. The fourth-order valence-corrected chi connectivity index (χ4v) is 1.27. The standard InChI is InChI=1S/C12H27N3O2/c1-4-17-12(16)10-15-8-6-13-5-7-14-9-11(2)3/h11,13-15H,4-10H2,1-3H3. The molecule has 0 aliphatic rings. The highest BCUT2D eigenvalue weighted by atomic mass is 16.5. The van der Waals surface area contributed by atoms with Crippen molar-refractivity contribution in [3.05, 3.63) is 0 Å². The summed E-state index contributed by atoms with van der Waals surface area (Å²) < 4.78 is 4.79. The van der Waals surface area contributed by atoms with E-state index < -0.39 is 0 Å². The van der Waals surface area contributed by atoms with Gasteiger partial charge in [0.25, 0.3) is 0 Å². The molecule has 0 bridgehead atoms. The molecule has 0 fully saturated rings. The molecule has 0 atom stereocenters. The van der Waals surface area contributed by atoms with Crippen LogP contribution in [0.5, 0.6) is 0 Å². The number of nitrogens with one attached hydrogen (secondary N) is 3. The third-order valence-electron chi connectivity index (χ3n) is 2.08. The van der Waals surface area contributed by atoms with E-state index in [1.54, 1.807) is 0 Å². The lowest BCUT2D eigenvalue weighted by Gasteiger charge is -2.08. The Morgan fingerprint density at radius 2 is 1.65 bits per heavy atom. The van der Waals surface area contributed by atoms with E-state index in [4.69, 9.17) is 4.74 Å². The van der Waals surface area contributed by atoms with E-state index in [1.165, 1.54) is 0 Å². The first-order chi connectivity index (χ1) is 8.16. The largest absolute Gasteiger partial charge is 0.465 e. The maximum absolute atomic E-state index is 11.0. The monoisotopic (exact) mass is 245 g/mol. The molecule has 0 heterocycles. The van der Waals surface area contributed by atoms with E-state index >= 15 is 0 Å². The van der Waals surface area contributed by atoms with Crippen LogP contribution in [0.15, 0.2) is 0 Å². The first-order valence-electron chi connectivity index (χ1n) is 6.44. The Morgan fingerprint density at radius 1 is 1.06 bits per heavy atom. The Bertz CT molecular complexity index is 187. The van der Waals surface area contributed by atoms with Crippen LogP contribution in [0, 0.1) is 5.92 Å². The molecule has 17 heavy (non-hydrogen) atoms. The maximum Gasteiger partial charge on any atom is 0.319 e. The molecule has 0 saturated carbocycles. The van der Waals surface area contributed by atoms with Gasteiger partial charge in [-0.05, 0) is 19.4 Å². The van der Waals surface area contributed by atoms with Crippen LogP contribution >= 0.6 is 0 Å². The summed E-state index contributed by atoms with van der Waals surface area (Å²) in [5.41, 5.74) is 0. The quantitative estimate of drug-likeness (QED) is 0.353. The molecule has 0 aromatic carbocycles. The molecule has 0 radical (unpaired) electrons. The second-order valence-electron chi connectivity index (χ2n) is 4.33. The summed E-state index contributed by atoms with van der Waals surface area (Å²) in [6, 6.07) is 0. The van der Waals surface area contributed by atoms with Crippen molar-refractivity contribution < 1.29 is 9.53 Å². The van der Waals surface area contributed by atoms with Gasteiger partial charge in [-0.15, -0.1) is 0 Å². The molecular weight excluding hydrogens is 218 g/mol. The second-order valence-corrected chi connectivity index (χ2v) is 4.33. The lowest BCUT2D eigenvalue weighted by molar-refractivity contribution is -0.141. The lowest BCUT2D eigenvalue weighted by atomic mass is 10.2. The van der Waals surface area contributed by atoms with Gasteiger partial charge in [0, 0.05) is 26.2 Å². The Labute approximate surface area is 105 Å². The van der Waals surface area contributed by atoms with Gasteiger partial charge in [-0.1, -0.05) is 13.8 Å². The van der Waals surface area contributed by atoms with Crippen molar-refractivity contribution in [1.82, 2.24) is 16.0 Å². The average Bonchev–Trinajstić information content (AvgIpc) is 2.27. The maximum atomic E-state index is 11.0. The average molecular weight is 245 g/mol.